The fourth-order valence-electron chi connectivity index (χ4n) is 19.5. The molecule has 11 saturated carbocycles. The van der Waals surface area contributed by atoms with Gasteiger partial charge >= 0.3 is 91.7 Å². The molecule has 0 radical (unpaired) electrons. The smallest absolute Gasteiger partial charge is 0.870 e. The van der Waals surface area contributed by atoms with Crippen molar-refractivity contribution >= 4 is 128 Å². The summed E-state index contributed by atoms with van der Waals surface area (Å²) in [6.45, 7) is 11.8. The minimum atomic E-state index is -4.13. The van der Waals surface area contributed by atoms with E-state index in [-0.39, 0.29) is 156 Å². The molecule has 762 valence electrons. The van der Waals surface area contributed by atoms with Gasteiger partial charge < -0.3 is 63.7 Å². The number of aliphatic hydroxyl groups excluding tert-OH is 1. The van der Waals surface area contributed by atoms with E-state index in [9.17, 15) is 54.6 Å². The third-order valence-corrected chi connectivity index (χ3v) is 28.7. The Hall–Kier alpha value is -3.64. The predicted molar refractivity (Wildman–Crippen MR) is 542 cm³/mol. The fourth-order valence-corrected chi connectivity index (χ4v) is 22.3. The number of sulfonamides is 2. The topological polar surface area (TPSA) is 445 Å². The Labute approximate surface area is 873 Å². The number of ether oxygens (including phenoxy) is 2. The van der Waals surface area contributed by atoms with Gasteiger partial charge in [0.15, 0.2) is 0 Å². The molecule has 6 aromatic heterocycles. The standard InChI is InChI=1S/C17H25NO5S.C17H24O3.C15H21NO5S.C15H20O3.C14H20O.C5H9I.C4H4O.C4H9.C2H6O.CH3ClO2S.CO2.2CH3.Al.2ClH.Li.Na.H2O.10H2/c1-2-22-17(19)13-14(11-7-3-4-8-11)23-15(12-9-5-6-10-12)16(13)24(18,20)21;1-2-19-17(18)14-11-15(12-7-3-4-8-12)20-16(14)13-9-5-6-10-13;16-22(19,20)14-11(15(17)18)12(9-5-1-2-6-9)21-13(14)10-7-3-4-8-10;16-15(17)12-9-13(10-5-1-2-6-10)18-14(12)11-7-3-4-8-11;1-2-6-11(5-1)13-9-10-14(15-13)12-7-3-4-8-12;6-5-3-1-2-4-5;1-2-4-5-3-1;1-3-4-2;1-2-3;1-5(2,3)4;2-1-3;;;;;;;;;;;;;;;;;;/h11-12H,2-10H2,1H3,(H2,18,20,21);11-13H,2-10H2,1H3;9-10H,1-8H2,(H,17,18)(H2,16,19,20);9-11H,1-8H2,(H,16,17);9-12H,1-8H2;5H,1-4H2;1-4H;1,3-4H2,2H3;3H,2H2,1H3;1H3;;2*1H3;;2*1H;;;1H2;10*1H/q;;;;;;;-1;;;;;;+1;;;2*+1;;;;;;;;;;;/p-2. The predicted octanol–water partition coefficient (Wildman–Crippen LogP) is 23.1. The van der Waals surface area contributed by atoms with E-state index in [4.69, 9.17) is 66.6 Å². The fraction of sp³-hybridized carbons (Fsp3) is 0.691. The van der Waals surface area contributed by atoms with Gasteiger partial charge in [0, 0.05) is 94.7 Å². The number of carboxylic acid groups (broad SMARTS) is 2. The Morgan fingerprint density at radius 2 is 0.707 bits per heavy atom. The van der Waals surface area contributed by atoms with Crippen LogP contribution in [0.5, 0.6) is 0 Å². The van der Waals surface area contributed by atoms with E-state index in [0.717, 1.165) is 193 Å². The summed E-state index contributed by atoms with van der Waals surface area (Å²) in [4.78, 5) is 63.6. The zero-order valence-electron chi connectivity index (χ0n) is 80.3. The summed E-state index contributed by atoms with van der Waals surface area (Å²) < 4.78 is 113. The molecule has 0 aliphatic heterocycles. The van der Waals surface area contributed by atoms with Crippen LogP contribution in [-0.4, -0.2) is 119 Å². The van der Waals surface area contributed by atoms with E-state index in [2.05, 4.69) is 75.2 Å². The summed E-state index contributed by atoms with van der Waals surface area (Å²) in [6.07, 6.45) is 57.6. The number of furan rings is 6. The molecule has 8 N–H and O–H groups in total. The molecule has 133 heavy (non-hydrogen) atoms. The largest absolute Gasteiger partial charge is 1.00 e. The van der Waals surface area contributed by atoms with E-state index in [0.29, 0.717) is 58.7 Å². The number of rotatable bonds is 19. The summed E-state index contributed by atoms with van der Waals surface area (Å²) in [5.74, 6) is 12.0. The Bertz CT molecular complexity index is 4610. The number of esters is 2. The van der Waals surface area contributed by atoms with E-state index < -0.39 is 60.2 Å². The molecular formula is C97H169AlCl3ILiN2NaO24S3. The third-order valence-electron chi connectivity index (χ3n) is 25.5. The quantitative estimate of drug-likeness (QED) is 0.0126. The van der Waals surface area contributed by atoms with Gasteiger partial charge in [-0.2, -0.15) is 16.0 Å². The first-order valence-electron chi connectivity index (χ1n) is 47.8. The van der Waals surface area contributed by atoms with Gasteiger partial charge in [0.1, 0.15) is 89.6 Å². The summed E-state index contributed by atoms with van der Waals surface area (Å²) in [5.41, 5.74) is 0.939. The molecule has 6 aromatic rings. The van der Waals surface area contributed by atoms with Gasteiger partial charge in [-0.1, -0.05) is 189 Å². The average Bonchev–Trinajstić information content (AvgIpc) is 1.61. The van der Waals surface area contributed by atoms with Gasteiger partial charge in [0.05, 0.1) is 32.0 Å². The minimum Gasteiger partial charge on any atom is -0.870 e. The van der Waals surface area contributed by atoms with Crippen molar-refractivity contribution in [3.63, 3.8) is 0 Å². The molecule has 0 saturated heterocycles. The second kappa shape index (κ2) is 66.9. The van der Waals surface area contributed by atoms with Crippen LogP contribution in [0.4, 0.5) is 0 Å². The van der Waals surface area contributed by atoms with E-state index in [1.54, 1.807) is 32.4 Å². The molecule has 17 rings (SSSR count). The van der Waals surface area contributed by atoms with Crippen LogP contribution >= 0.6 is 55.7 Å². The molecule has 0 unspecified atom stereocenters. The number of carbonyl (C=O) groups is 4. The third kappa shape index (κ3) is 43.0. The van der Waals surface area contributed by atoms with Crippen molar-refractivity contribution in [2.24, 2.45) is 10.3 Å². The van der Waals surface area contributed by atoms with Gasteiger partial charge in [-0.05, 0) is 198 Å². The van der Waals surface area contributed by atoms with E-state index >= 15 is 0 Å². The summed E-state index contributed by atoms with van der Waals surface area (Å²) in [7, 11) is -1.48. The molecule has 11 aliphatic carbocycles. The molecule has 0 atom stereocenters. The summed E-state index contributed by atoms with van der Waals surface area (Å²) >= 11 is 1.87. The van der Waals surface area contributed by atoms with Crippen LogP contribution < -0.4 is 58.7 Å². The molecule has 26 nitrogen and oxygen atoms in total. The normalized spacial score (nSPS) is 18.3. The van der Waals surface area contributed by atoms with Crippen molar-refractivity contribution < 1.29 is 173 Å². The zero-order chi connectivity index (χ0) is 94.6. The van der Waals surface area contributed by atoms with Crippen molar-refractivity contribution in [1.82, 2.24) is 0 Å². The van der Waals surface area contributed by atoms with Crippen LogP contribution in [0.1, 0.15) is 496 Å². The zero-order valence-corrected chi connectivity index (χ0v) is 90.4. The van der Waals surface area contributed by atoms with E-state index in [1.165, 1.54) is 159 Å². The number of carboxylic acids is 2. The van der Waals surface area contributed by atoms with Crippen LogP contribution in [0.25, 0.3) is 0 Å². The average molecular weight is 2130 g/mol. The maximum atomic E-state index is 12.5. The molecule has 36 heteroatoms. The number of aliphatic hydroxyl groups is 1. The second-order valence-electron chi connectivity index (χ2n) is 35.7. The van der Waals surface area contributed by atoms with Gasteiger partial charge in [-0.15, -0.1) is 12.4 Å². The number of halogens is 4. The van der Waals surface area contributed by atoms with Crippen LogP contribution in [0.15, 0.2) is 85.2 Å². The Morgan fingerprint density at radius 1 is 0.466 bits per heavy atom. The van der Waals surface area contributed by atoms with Crippen molar-refractivity contribution in [2.75, 3.05) is 26.1 Å². The SMILES string of the molecule is CCO.CCOC(=O)c1c(C2CCCC2)oc(C2CCCC2)c1S(N)(=O)=O.CCOC(=O)c1cc(C2CCCC2)oc1C1CCCC1.CS(=O)(=O)Cl.Cl.IC1CCCC1.NS(=O)(=O)c1c(C2CCCC2)oc(C2CCCC2)c1C(=O)O.O=C(O)c1cc(C2CCCC2)oc1C1CCCC1.O=C=O.[CH2-]CCC.[CH3][Al]([CH3])[Cl].[HH].[HH].[HH].[HH].[HH].[HH].[HH].[HH].[HH].[HH].[Li+].[Na+].[OH-].c1cc(C2CCCC2)oc1C1CCCC1.c1ccoc1. The monoisotopic (exact) mass is 2130 g/mol. The minimum absolute atomic E-state index is 0. The molecular weight excluding hydrogens is 1960 g/mol. The number of primary sulfonamides is 2. The molecule has 11 aliphatic rings. The molecule has 6 heterocycles. The molecule has 0 amide bonds. The number of alkyl halides is 1. The Morgan fingerprint density at radius 3 is 0.955 bits per heavy atom. The van der Waals surface area contributed by atoms with Crippen molar-refractivity contribution in [1.29, 1.82) is 0 Å². The molecule has 0 spiro atoms. The van der Waals surface area contributed by atoms with Crippen LogP contribution in [-0.2, 0) is 48.2 Å². The van der Waals surface area contributed by atoms with Crippen molar-refractivity contribution in [2.45, 2.75) is 408 Å². The number of aromatic carboxylic acids is 2. The number of carbonyl (C=O) groups excluding carboxylic acids is 4. The first kappa shape index (κ1) is 125. The van der Waals surface area contributed by atoms with Gasteiger partial charge in [-0.25, -0.2) is 54.7 Å². The second-order valence-corrected chi connectivity index (χ2v) is 48.2. The maximum absolute atomic E-state index is 12.5. The van der Waals surface area contributed by atoms with Crippen LogP contribution in [0, 0.1) is 6.92 Å². The Kier molecular flexibility index (Phi) is 63.1. The maximum Gasteiger partial charge on any atom is 1.00 e. The summed E-state index contributed by atoms with van der Waals surface area (Å²) in [5, 5.41) is 37.2. The number of nitrogens with two attached hydrogens (primary N) is 2. The first-order valence-corrected chi connectivity index (χ1v) is 58.9. The Balaban J connectivity index is -0.000000205. The van der Waals surface area contributed by atoms with Crippen LogP contribution in [0.3, 0.4) is 0 Å². The molecule has 11 fully saturated rings. The first-order chi connectivity index (χ1) is 61.7. The number of hydrogen-bond acceptors (Lipinski definition) is 22. The summed E-state index contributed by atoms with van der Waals surface area (Å²) in [6, 6.07) is 11.9. The van der Waals surface area contributed by atoms with Gasteiger partial charge in [0.25, 0.3) is 0 Å². The number of unbranched alkanes of at least 4 members (excludes halogenated alkanes) is 1. The number of hydrogen-bond donors (Lipinski definition) is 5. The van der Waals surface area contributed by atoms with Gasteiger partial charge in [0.2, 0.25) is 29.1 Å². The van der Waals surface area contributed by atoms with Gasteiger partial charge in [-0.3, -0.25) is 10.0 Å². The van der Waals surface area contributed by atoms with Crippen LogP contribution in [0.2, 0.25) is 11.6 Å². The van der Waals surface area contributed by atoms with Crippen molar-refractivity contribution in [3.05, 3.63) is 136 Å². The van der Waals surface area contributed by atoms with E-state index in [1.807, 2.05) is 25.1 Å². The van der Waals surface area contributed by atoms with Crippen molar-refractivity contribution in [3.8, 4) is 0 Å². The molecule has 0 bridgehead atoms. The molecule has 0 aromatic carbocycles.